The van der Waals surface area contributed by atoms with Crippen LogP contribution in [0.15, 0.2) is 0 Å². The Morgan fingerprint density at radius 3 is 2.43 bits per heavy atom. The zero-order valence-corrected chi connectivity index (χ0v) is 14.1. The van der Waals surface area contributed by atoms with E-state index in [4.69, 9.17) is 14.2 Å². The highest BCUT2D eigenvalue weighted by Gasteiger charge is 2.26. The first-order valence-corrected chi connectivity index (χ1v) is 8.41. The van der Waals surface area contributed by atoms with Gasteiger partial charge in [0.15, 0.2) is 0 Å². The third kappa shape index (κ3) is 8.12. The van der Waals surface area contributed by atoms with Crippen LogP contribution >= 0.6 is 0 Å². The van der Waals surface area contributed by atoms with Gasteiger partial charge in [0.1, 0.15) is 0 Å². The maximum atomic E-state index is 5.64. The van der Waals surface area contributed by atoms with Crippen LogP contribution in [-0.2, 0) is 14.2 Å². The largest absolute Gasteiger partial charge is 0.382 e. The molecule has 5 heteroatoms. The second-order valence-electron chi connectivity index (χ2n) is 5.64. The number of piperidine rings is 1. The minimum atomic E-state index is 0.649. The average molecular weight is 302 g/mol. The summed E-state index contributed by atoms with van der Waals surface area (Å²) in [5.74, 6) is 0.774. The molecule has 0 spiro atoms. The molecule has 126 valence electrons. The van der Waals surface area contributed by atoms with Gasteiger partial charge in [0.05, 0.1) is 33.0 Å². The zero-order chi connectivity index (χ0) is 15.3. The summed E-state index contributed by atoms with van der Waals surface area (Å²) in [6.45, 7) is 12.4. The molecule has 0 aromatic carbocycles. The van der Waals surface area contributed by atoms with Gasteiger partial charge in [-0.25, -0.2) is 0 Å². The van der Waals surface area contributed by atoms with E-state index in [1.54, 1.807) is 7.11 Å². The first kappa shape index (κ1) is 18.8. The third-order valence-electron chi connectivity index (χ3n) is 4.16. The Kier molecular flexibility index (Phi) is 11.1. The Morgan fingerprint density at radius 2 is 1.76 bits per heavy atom. The topological polar surface area (TPSA) is 43.0 Å². The highest BCUT2D eigenvalue weighted by molar-refractivity contribution is 4.84. The molecule has 0 aromatic heterocycles. The zero-order valence-electron chi connectivity index (χ0n) is 14.1. The summed E-state index contributed by atoms with van der Waals surface area (Å²) in [6.07, 6.45) is 2.51. The predicted molar refractivity (Wildman–Crippen MR) is 85.8 cm³/mol. The Bertz CT molecular complexity index is 242. The molecule has 2 unspecified atom stereocenters. The fourth-order valence-electron chi connectivity index (χ4n) is 2.91. The minimum absolute atomic E-state index is 0.649. The molecule has 0 radical (unpaired) electrons. The smallest absolute Gasteiger partial charge is 0.0701 e. The van der Waals surface area contributed by atoms with E-state index < -0.39 is 0 Å². The molecule has 0 saturated carbocycles. The Hall–Kier alpha value is -0.200. The first-order chi connectivity index (χ1) is 10.3. The van der Waals surface area contributed by atoms with Gasteiger partial charge in [-0.15, -0.1) is 0 Å². The third-order valence-corrected chi connectivity index (χ3v) is 4.16. The van der Waals surface area contributed by atoms with Crippen LogP contribution in [0.3, 0.4) is 0 Å². The number of hydrogen-bond donors (Lipinski definition) is 1. The van der Waals surface area contributed by atoms with Crippen molar-refractivity contribution in [1.29, 1.82) is 0 Å². The number of likely N-dealkylation sites (tertiary alicyclic amines) is 1. The number of ether oxygens (including phenoxy) is 3. The molecule has 0 bridgehead atoms. The predicted octanol–water partition coefficient (Wildman–Crippen LogP) is 1.38. The maximum Gasteiger partial charge on any atom is 0.0701 e. The molecule has 2 atom stereocenters. The monoisotopic (exact) mass is 302 g/mol. The van der Waals surface area contributed by atoms with Gasteiger partial charge in [0.25, 0.3) is 0 Å². The first-order valence-electron chi connectivity index (χ1n) is 8.41. The lowest BCUT2D eigenvalue weighted by Gasteiger charge is -2.38. The van der Waals surface area contributed by atoms with Gasteiger partial charge in [-0.05, 0) is 25.4 Å². The van der Waals surface area contributed by atoms with Gasteiger partial charge >= 0.3 is 0 Å². The quantitative estimate of drug-likeness (QED) is 0.552. The average Bonchev–Trinajstić information content (AvgIpc) is 2.51. The van der Waals surface area contributed by atoms with Crippen LogP contribution in [0, 0.1) is 5.92 Å². The van der Waals surface area contributed by atoms with E-state index in [0.717, 1.165) is 25.6 Å². The Balaban J connectivity index is 2.03. The van der Waals surface area contributed by atoms with Crippen LogP contribution < -0.4 is 5.32 Å². The standard InChI is InChI=1S/C16H34N2O3/c1-4-15-14-18(7-6-16(15)17-5-2)8-9-20-12-13-21-11-10-19-3/h15-17H,4-14H2,1-3H3. The molecule has 1 N–H and O–H groups in total. The normalized spacial score (nSPS) is 23.6. The molecule has 1 saturated heterocycles. The molecule has 5 nitrogen and oxygen atoms in total. The number of nitrogens with one attached hydrogen (secondary N) is 1. The van der Waals surface area contributed by atoms with Crippen LogP contribution in [0.2, 0.25) is 0 Å². The van der Waals surface area contributed by atoms with Crippen molar-refractivity contribution in [3.8, 4) is 0 Å². The SMILES string of the molecule is CCNC1CCN(CCOCCOCCOC)CC1CC. The maximum absolute atomic E-state index is 5.64. The van der Waals surface area contributed by atoms with Crippen molar-refractivity contribution in [2.75, 3.05) is 66.3 Å². The van der Waals surface area contributed by atoms with Gasteiger partial charge in [-0.3, -0.25) is 0 Å². The van der Waals surface area contributed by atoms with E-state index >= 15 is 0 Å². The van der Waals surface area contributed by atoms with Gasteiger partial charge in [0, 0.05) is 26.2 Å². The van der Waals surface area contributed by atoms with Crippen molar-refractivity contribution in [2.24, 2.45) is 5.92 Å². The molecule has 0 aromatic rings. The molecule has 1 aliphatic heterocycles. The molecule has 1 fully saturated rings. The summed E-state index contributed by atoms with van der Waals surface area (Å²) >= 11 is 0. The lowest BCUT2D eigenvalue weighted by Crippen LogP contribution is -2.49. The van der Waals surface area contributed by atoms with Crippen LogP contribution in [-0.4, -0.2) is 77.3 Å². The number of rotatable bonds is 12. The van der Waals surface area contributed by atoms with Gasteiger partial charge < -0.3 is 24.4 Å². The Morgan fingerprint density at radius 1 is 1.05 bits per heavy atom. The fraction of sp³-hybridized carbons (Fsp3) is 1.00. The summed E-state index contributed by atoms with van der Waals surface area (Å²) in [5, 5.41) is 3.62. The summed E-state index contributed by atoms with van der Waals surface area (Å²) in [7, 11) is 1.68. The number of hydrogen-bond acceptors (Lipinski definition) is 5. The van der Waals surface area contributed by atoms with Crippen molar-refractivity contribution in [3.05, 3.63) is 0 Å². The van der Waals surface area contributed by atoms with E-state index in [-0.39, 0.29) is 0 Å². The van der Waals surface area contributed by atoms with Crippen molar-refractivity contribution in [1.82, 2.24) is 10.2 Å². The van der Waals surface area contributed by atoms with Gasteiger partial charge in [-0.1, -0.05) is 20.3 Å². The van der Waals surface area contributed by atoms with Crippen molar-refractivity contribution >= 4 is 0 Å². The van der Waals surface area contributed by atoms with Crippen molar-refractivity contribution in [3.63, 3.8) is 0 Å². The van der Waals surface area contributed by atoms with Gasteiger partial charge in [0.2, 0.25) is 0 Å². The Labute approximate surface area is 130 Å². The molecule has 0 amide bonds. The second kappa shape index (κ2) is 12.4. The summed E-state index contributed by atoms with van der Waals surface area (Å²) < 4.78 is 15.9. The minimum Gasteiger partial charge on any atom is -0.382 e. The van der Waals surface area contributed by atoms with Crippen LogP contribution in [0.5, 0.6) is 0 Å². The van der Waals surface area contributed by atoms with Crippen molar-refractivity contribution in [2.45, 2.75) is 32.7 Å². The second-order valence-corrected chi connectivity index (χ2v) is 5.64. The van der Waals surface area contributed by atoms with E-state index in [9.17, 15) is 0 Å². The molecular weight excluding hydrogens is 268 g/mol. The van der Waals surface area contributed by atoms with E-state index in [1.165, 1.54) is 25.9 Å². The van der Waals surface area contributed by atoms with E-state index in [0.29, 0.717) is 32.5 Å². The van der Waals surface area contributed by atoms with E-state index in [2.05, 4.69) is 24.1 Å². The van der Waals surface area contributed by atoms with Crippen LogP contribution in [0.4, 0.5) is 0 Å². The molecule has 21 heavy (non-hydrogen) atoms. The molecule has 1 rings (SSSR count). The summed E-state index contributed by atoms with van der Waals surface area (Å²) in [4.78, 5) is 2.54. The van der Waals surface area contributed by atoms with E-state index in [1.807, 2.05) is 0 Å². The van der Waals surface area contributed by atoms with Crippen molar-refractivity contribution < 1.29 is 14.2 Å². The van der Waals surface area contributed by atoms with Crippen LogP contribution in [0.25, 0.3) is 0 Å². The number of nitrogens with zero attached hydrogens (tertiary/aromatic N) is 1. The highest BCUT2D eigenvalue weighted by atomic mass is 16.5. The van der Waals surface area contributed by atoms with Crippen LogP contribution in [0.1, 0.15) is 26.7 Å². The lowest BCUT2D eigenvalue weighted by atomic mass is 9.90. The summed E-state index contributed by atoms with van der Waals surface area (Å²) in [5.41, 5.74) is 0. The van der Waals surface area contributed by atoms with Gasteiger partial charge in [-0.2, -0.15) is 0 Å². The fourth-order valence-corrected chi connectivity index (χ4v) is 2.91. The number of methoxy groups -OCH3 is 1. The molecular formula is C16H34N2O3. The highest BCUT2D eigenvalue weighted by Crippen LogP contribution is 2.19. The molecule has 1 heterocycles. The molecule has 1 aliphatic rings. The molecule has 0 aliphatic carbocycles. The lowest BCUT2D eigenvalue weighted by molar-refractivity contribution is 0.0151. The summed E-state index contributed by atoms with van der Waals surface area (Å²) in [6, 6.07) is 0.700.